The number of nitrogens with zero attached hydrogens (tertiary/aromatic N) is 3. The third kappa shape index (κ3) is 4.31. The van der Waals surface area contributed by atoms with E-state index in [1.807, 2.05) is 53.4 Å². The van der Waals surface area contributed by atoms with Gasteiger partial charge in [0.15, 0.2) is 5.78 Å². The van der Waals surface area contributed by atoms with E-state index in [0.717, 1.165) is 32.1 Å². The van der Waals surface area contributed by atoms with E-state index in [-0.39, 0.29) is 11.7 Å². The molecule has 36 heavy (non-hydrogen) atoms. The third-order valence-electron chi connectivity index (χ3n) is 6.75. The molecule has 1 aliphatic carbocycles. The van der Waals surface area contributed by atoms with Crippen molar-refractivity contribution in [3.05, 3.63) is 83.0 Å². The zero-order valence-electron chi connectivity index (χ0n) is 19.9. The largest absolute Gasteiger partial charge is 0.481 e. The Hall–Kier alpha value is -3.84. The number of para-hydroxylation sites is 1. The van der Waals surface area contributed by atoms with Crippen LogP contribution in [0.3, 0.4) is 0 Å². The molecular weight excluding hydrogens is 470 g/mol. The highest BCUT2D eigenvalue weighted by atomic mass is 32.1. The summed E-state index contributed by atoms with van der Waals surface area (Å²) in [6.45, 7) is 0.519. The van der Waals surface area contributed by atoms with E-state index in [1.165, 1.54) is 12.8 Å². The molecule has 6 nitrogen and oxygen atoms in total. The lowest BCUT2D eigenvalue weighted by Crippen LogP contribution is -2.33. The highest BCUT2D eigenvalue weighted by molar-refractivity contribution is 7.17. The van der Waals surface area contributed by atoms with Crippen LogP contribution in [0.2, 0.25) is 0 Å². The van der Waals surface area contributed by atoms with Gasteiger partial charge in [0.2, 0.25) is 5.88 Å². The number of thiophene rings is 1. The number of amides is 1. The Morgan fingerprint density at radius 2 is 1.94 bits per heavy atom. The lowest BCUT2D eigenvalue weighted by Gasteiger charge is -2.23. The standard InChI is InChI=1S/C29H25N3O3S/c1-35-27-17-19(11-13-30-27)22-6-4-7-23(31-22)29(34)32-14-12-20-16-26(25(33)15-18-9-10-18)36-28(20)21-5-2-3-8-24(21)32/h2-8,11,13,16-18H,9-10,12,14-15H2,1H3. The number of rotatable bonds is 6. The Balaban J connectivity index is 1.33. The van der Waals surface area contributed by atoms with Gasteiger partial charge in [0.1, 0.15) is 5.69 Å². The van der Waals surface area contributed by atoms with Gasteiger partial charge in [-0.1, -0.05) is 24.3 Å². The van der Waals surface area contributed by atoms with Crippen LogP contribution in [0.15, 0.2) is 66.9 Å². The molecule has 0 saturated heterocycles. The lowest BCUT2D eigenvalue weighted by atomic mass is 10.1. The summed E-state index contributed by atoms with van der Waals surface area (Å²) in [7, 11) is 1.57. The first-order valence-electron chi connectivity index (χ1n) is 12.2. The average Bonchev–Trinajstić information content (AvgIpc) is 3.67. The Labute approximate surface area is 213 Å². The third-order valence-corrected chi connectivity index (χ3v) is 8.00. The Morgan fingerprint density at radius 1 is 1.08 bits per heavy atom. The van der Waals surface area contributed by atoms with Crippen molar-refractivity contribution in [2.75, 3.05) is 18.6 Å². The zero-order valence-corrected chi connectivity index (χ0v) is 20.8. The van der Waals surface area contributed by atoms with Gasteiger partial charge in [-0.3, -0.25) is 9.59 Å². The molecule has 0 radical (unpaired) electrons. The maximum atomic E-state index is 13.8. The normalized spacial score (nSPS) is 14.5. The van der Waals surface area contributed by atoms with Crippen molar-refractivity contribution in [2.45, 2.75) is 25.7 Å². The molecule has 1 saturated carbocycles. The fourth-order valence-electron chi connectivity index (χ4n) is 4.66. The monoisotopic (exact) mass is 495 g/mol. The zero-order chi connectivity index (χ0) is 24.6. The summed E-state index contributed by atoms with van der Waals surface area (Å²) in [5, 5.41) is 0. The van der Waals surface area contributed by atoms with Crippen molar-refractivity contribution in [1.29, 1.82) is 0 Å². The van der Waals surface area contributed by atoms with Gasteiger partial charge in [-0.2, -0.15) is 0 Å². The maximum Gasteiger partial charge on any atom is 0.276 e. The summed E-state index contributed by atoms with van der Waals surface area (Å²) in [5.74, 6) is 1.16. The van der Waals surface area contributed by atoms with Crippen LogP contribution in [-0.2, 0) is 6.42 Å². The predicted molar refractivity (Wildman–Crippen MR) is 141 cm³/mol. The number of methoxy groups -OCH3 is 1. The first-order valence-corrected chi connectivity index (χ1v) is 13.0. The molecule has 0 atom stereocenters. The van der Waals surface area contributed by atoms with Crippen LogP contribution >= 0.6 is 11.3 Å². The van der Waals surface area contributed by atoms with E-state index < -0.39 is 0 Å². The number of hydrogen-bond donors (Lipinski definition) is 0. The molecule has 4 aromatic rings. The summed E-state index contributed by atoms with van der Waals surface area (Å²) in [6, 6.07) is 19.1. The first-order chi connectivity index (χ1) is 17.6. The maximum absolute atomic E-state index is 13.8. The Bertz CT molecular complexity index is 1470. The number of pyridine rings is 2. The van der Waals surface area contributed by atoms with Gasteiger partial charge < -0.3 is 9.64 Å². The number of carbonyl (C=O) groups is 2. The number of anilines is 1. The number of Topliss-reactive ketones (excluding diaryl/α,β-unsaturated/α-hetero) is 1. The van der Waals surface area contributed by atoms with Crippen molar-refractivity contribution in [3.8, 4) is 27.6 Å². The van der Waals surface area contributed by atoms with Crippen molar-refractivity contribution < 1.29 is 14.3 Å². The number of aromatic nitrogens is 2. The van der Waals surface area contributed by atoms with Crippen LogP contribution in [0.5, 0.6) is 5.88 Å². The van der Waals surface area contributed by atoms with Gasteiger partial charge in [-0.15, -0.1) is 11.3 Å². The molecular formula is C29H25N3O3S. The summed E-state index contributed by atoms with van der Waals surface area (Å²) < 4.78 is 5.24. The second-order valence-electron chi connectivity index (χ2n) is 9.25. The molecule has 6 rings (SSSR count). The van der Waals surface area contributed by atoms with Crippen LogP contribution in [-0.4, -0.2) is 35.3 Å². The topological polar surface area (TPSA) is 72.4 Å². The molecule has 1 amide bonds. The van der Waals surface area contributed by atoms with Gasteiger partial charge in [0, 0.05) is 41.2 Å². The molecule has 7 heteroatoms. The van der Waals surface area contributed by atoms with E-state index in [0.29, 0.717) is 42.6 Å². The van der Waals surface area contributed by atoms with Crippen molar-refractivity contribution in [1.82, 2.24) is 9.97 Å². The summed E-state index contributed by atoms with van der Waals surface area (Å²) in [5.41, 5.74) is 4.86. The molecule has 0 bridgehead atoms. The van der Waals surface area contributed by atoms with E-state index in [4.69, 9.17) is 4.74 Å². The Kier molecular flexibility index (Phi) is 5.85. The van der Waals surface area contributed by atoms with Crippen LogP contribution in [0.4, 0.5) is 5.69 Å². The highest BCUT2D eigenvalue weighted by Gasteiger charge is 2.30. The lowest BCUT2D eigenvalue weighted by molar-refractivity contribution is 0.0972. The number of benzene rings is 1. The average molecular weight is 496 g/mol. The van der Waals surface area contributed by atoms with Gasteiger partial charge >= 0.3 is 0 Å². The second-order valence-corrected chi connectivity index (χ2v) is 10.3. The molecule has 2 aliphatic rings. The molecule has 3 aromatic heterocycles. The second kappa shape index (κ2) is 9.32. The quantitative estimate of drug-likeness (QED) is 0.304. The molecule has 4 heterocycles. The van der Waals surface area contributed by atoms with E-state index in [9.17, 15) is 9.59 Å². The number of ether oxygens (including phenoxy) is 1. The SMILES string of the molecule is COc1cc(-c2cccc(C(=O)N3CCc4cc(C(=O)CC5CC5)sc4-c4ccccc43)n2)ccn1. The molecule has 0 unspecified atom stereocenters. The minimum Gasteiger partial charge on any atom is -0.481 e. The number of hydrogen-bond acceptors (Lipinski definition) is 6. The summed E-state index contributed by atoms with van der Waals surface area (Å²) >= 11 is 1.56. The van der Waals surface area contributed by atoms with Crippen molar-refractivity contribution >= 4 is 28.7 Å². The minimum absolute atomic E-state index is 0.148. The van der Waals surface area contributed by atoms with E-state index >= 15 is 0 Å². The summed E-state index contributed by atoms with van der Waals surface area (Å²) in [6.07, 6.45) is 5.33. The van der Waals surface area contributed by atoms with Gasteiger partial charge in [0.25, 0.3) is 5.91 Å². The van der Waals surface area contributed by atoms with Gasteiger partial charge in [-0.05, 0) is 61.1 Å². The van der Waals surface area contributed by atoms with Crippen LogP contribution in [0, 0.1) is 5.92 Å². The number of carbonyl (C=O) groups excluding carboxylic acids is 2. The molecule has 180 valence electrons. The van der Waals surface area contributed by atoms with Crippen molar-refractivity contribution in [3.63, 3.8) is 0 Å². The fraction of sp³-hybridized carbons (Fsp3) is 0.241. The Morgan fingerprint density at radius 3 is 2.78 bits per heavy atom. The summed E-state index contributed by atoms with van der Waals surface area (Å²) in [4.78, 5) is 39.1. The number of ketones is 1. The highest BCUT2D eigenvalue weighted by Crippen LogP contribution is 2.43. The molecule has 0 spiro atoms. The number of fused-ring (bicyclic) bond motifs is 3. The van der Waals surface area contributed by atoms with Crippen molar-refractivity contribution in [2.24, 2.45) is 5.92 Å². The molecule has 1 aromatic carbocycles. The van der Waals surface area contributed by atoms with Gasteiger partial charge in [-0.25, -0.2) is 9.97 Å². The predicted octanol–water partition coefficient (Wildman–Crippen LogP) is 6.07. The molecule has 1 aliphatic heterocycles. The van der Waals surface area contributed by atoms with Crippen LogP contribution < -0.4 is 9.64 Å². The fourth-order valence-corrected chi connectivity index (χ4v) is 5.86. The van der Waals surface area contributed by atoms with E-state index in [1.54, 1.807) is 36.8 Å². The van der Waals surface area contributed by atoms with Crippen LogP contribution in [0.25, 0.3) is 21.7 Å². The van der Waals surface area contributed by atoms with Gasteiger partial charge in [0.05, 0.1) is 23.4 Å². The van der Waals surface area contributed by atoms with E-state index in [2.05, 4.69) is 9.97 Å². The smallest absolute Gasteiger partial charge is 0.276 e. The minimum atomic E-state index is -0.148. The first kappa shape index (κ1) is 22.6. The van der Waals surface area contributed by atoms with Crippen LogP contribution in [0.1, 0.15) is 45.0 Å². The molecule has 0 N–H and O–H groups in total. The molecule has 1 fully saturated rings.